The monoisotopic (exact) mass is 632 g/mol. The highest BCUT2D eigenvalue weighted by atomic mass is 16.2. The quantitative estimate of drug-likeness (QED) is 0.181. The number of hydrogen-bond acceptors (Lipinski definition) is 4. The predicted molar refractivity (Wildman–Crippen MR) is 193 cm³/mol. The highest BCUT2D eigenvalue weighted by Crippen LogP contribution is 2.41. The number of fused-ring (bicyclic) bond motifs is 4. The van der Waals surface area contributed by atoms with Crippen molar-refractivity contribution in [2.24, 2.45) is 0 Å². The SMILES string of the molecule is Cc1cc(C)c(N2C(=O)c3cccc(-n4c5cc(-c6ccc(C#N)cc6)ccc5c5ccc(-c6ccc(C#N)cc6)cc54)c3C2=O)c(C)c1. The third kappa shape index (κ3) is 4.62. The fourth-order valence-electron chi connectivity index (χ4n) is 7.29. The summed E-state index contributed by atoms with van der Waals surface area (Å²) in [5.74, 6) is -0.693. The number of aromatic nitrogens is 1. The highest BCUT2D eigenvalue weighted by Gasteiger charge is 2.40. The number of anilines is 1. The van der Waals surface area contributed by atoms with Crippen LogP contribution in [0.2, 0.25) is 0 Å². The fraction of sp³-hybridized carbons (Fsp3) is 0.0698. The number of rotatable bonds is 4. The Kier molecular flexibility index (Phi) is 6.77. The number of hydrogen-bond donors (Lipinski definition) is 0. The van der Waals surface area contributed by atoms with Crippen LogP contribution in [0.5, 0.6) is 0 Å². The lowest BCUT2D eigenvalue weighted by Gasteiger charge is -2.20. The number of imide groups is 1. The lowest BCUT2D eigenvalue weighted by atomic mass is 10.0. The maximum Gasteiger partial charge on any atom is 0.268 e. The molecule has 0 atom stereocenters. The van der Waals surface area contributed by atoms with Gasteiger partial charge in [-0.1, -0.05) is 72.3 Å². The lowest BCUT2D eigenvalue weighted by molar-refractivity contribution is 0.0925. The van der Waals surface area contributed by atoms with Crippen LogP contribution < -0.4 is 4.90 Å². The van der Waals surface area contributed by atoms with Gasteiger partial charge in [-0.25, -0.2) is 4.90 Å². The first-order valence-corrected chi connectivity index (χ1v) is 16.0. The first-order valence-electron chi connectivity index (χ1n) is 16.0. The molecule has 7 aromatic rings. The second kappa shape index (κ2) is 11.2. The highest BCUT2D eigenvalue weighted by molar-refractivity contribution is 6.36. The summed E-state index contributed by atoms with van der Waals surface area (Å²) >= 11 is 0. The van der Waals surface area contributed by atoms with Crippen LogP contribution in [0.4, 0.5) is 5.69 Å². The van der Waals surface area contributed by atoms with Crippen molar-refractivity contribution in [2.75, 3.05) is 4.90 Å². The Bertz CT molecular complexity index is 2490. The third-order valence-electron chi connectivity index (χ3n) is 9.45. The molecule has 1 aliphatic heterocycles. The van der Waals surface area contributed by atoms with Gasteiger partial charge in [-0.3, -0.25) is 9.59 Å². The third-order valence-corrected chi connectivity index (χ3v) is 9.45. The van der Waals surface area contributed by atoms with E-state index >= 15 is 0 Å². The van der Waals surface area contributed by atoms with Crippen molar-refractivity contribution in [3.05, 3.63) is 154 Å². The summed E-state index contributed by atoms with van der Waals surface area (Å²) in [5.41, 5.74) is 11.5. The maximum absolute atomic E-state index is 14.5. The van der Waals surface area contributed by atoms with Crippen molar-refractivity contribution >= 4 is 39.3 Å². The van der Waals surface area contributed by atoms with E-state index in [9.17, 15) is 20.1 Å². The number of nitrogens with zero attached hydrogens (tertiary/aromatic N) is 4. The van der Waals surface area contributed by atoms with Gasteiger partial charge in [0.05, 0.1) is 56.8 Å². The van der Waals surface area contributed by atoms with E-state index in [1.54, 1.807) is 30.3 Å². The Morgan fingerprint density at radius 1 is 0.551 bits per heavy atom. The van der Waals surface area contributed by atoms with Gasteiger partial charge in [-0.2, -0.15) is 10.5 Å². The minimum absolute atomic E-state index is 0.339. The molecule has 0 unspecified atom stereocenters. The molecule has 2 amide bonds. The van der Waals surface area contributed by atoms with Gasteiger partial charge in [0.25, 0.3) is 11.8 Å². The van der Waals surface area contributed by atoms with Crippen molar-refractivity contribution in [2.45, 2.75) is 20.8 Å². The zero-order valence-electron chi connectivity index (χ0n) is 27.1. The van der Waals surface area contributed by atoms with Crippen LogP contribution in [-0.4, -0.2) is 16.4 Å². The summed E-state index contributed by atoms with van der Waals surface area (Å²) in [5, 5.41) is 20.7. The molecule has 0 saturated carbocycles. The van der Waals surface area contributed by atoms with Crippen LogP contribution in [-0.2, 0) is 0 Å². The van der Waals surface area contributed by atoms with E-state index in [4.69, 9.17) is 0 Å². The Morgan fingerprint density at radius 3 is 1.53 bits per heavy atom. The van der Waals surface area contributed by atoms with Gasteiger partial charge < -0.3 is 4.57 Å². The van der Waals surface area contributed by atoms with E-state index in [1.165, 1.54) is 4.90 Å². The zero-order valence-corrected chi connectivity index (χ0v) is 27.1. The van der Waals surface area contributed by atoms with Gasteiger partial charge in [-0.15, -0.1) is 0 Å². The molecule has 0 bridgehead atoms. The lowest BCUT2D eigenvalue weighted by Crippen LogP contribution is -2.31. The Balaban J connectivity index is 1.40. The number of benzene rings is 6. The Labute approximate surface area is 283 Å². The predicted octanol–water partition coefficient (Wildman–Crippen LogP) is 9.59. The molecule has 6 aromatic carbocycles. The van der Waals surface area contributed by atoms with E-state index in [-0.39, 0.29) is 11.8 Å². The summed E-state index contributed by atoms with van der Waals surface area (Å²) in [6.45, 7) is 5.87. The van der Waals surface area contributed by atoms with Gasteiger partial charge in [0.2, 0.25) is 0 Å². The van der Waals surface area contributed by atoms with E-state index < -0.39 is 0 Å². The van der Waals surface area contributed by atoms with E-state index in [0.29, 0.717) is 33.6 Å². The largest absolute Gasteiger partial charge is 0.308 e. The van der Waals surface area contributed by atoms with Crippen molar-refractivity contribution in [3.63, 3.8) is 0 Å². The number of nitriles is 2. The molecule has 0 aliphatic carbocycles. The molecule has 0 N–H and O–H groups in total. The summed E-state index contributed by atoms with van der Waals surface area (Å²) in [6, 6.07) is 41.3. The molecular weight excluding hydrogens is 604 g/mol. The molecule has 1 aromatic heterocycles. The normalized spacial score (nSPS) is 12.4. The van der Waals surface area contributed by atoms with Gasteiger partial charge >= 0.3 is 0 Å². The second-order valence-corrected chi connectivity index (χ2v) is 12.6. The number of carbonyl (C=O) groups excluding carboxylic acids is 2. The molecule has 0 spiro atoms. The van der Waals surface area contributed by atoms with Crippen LogP contribution >= 0.6 is 0 Å². The molecule has 0 saturated heterocycles. The summed E-state index contributed by atoms with van der Waals surface area (Å²) in [7, 11) is 0. The fourth-order valence-corrected chi connectivity index (χ4v) is 7.29. The van der Waals surface area contributed by atoms with Crippen LogP contribution in [0.1, 0.15) is 48.5 Å². The van der Waals surface area contributed by atoms with Crippen LogP contribution in [0.25, 0.3) is 49.7 Å². The maximum atomic E-state index is 14.5. The molecule has 6 nitrogen and oxygen atoms in total. The Morgan fingerprint density at radius 2 is 1.04 bits per heavy atom. The van der Waals surface area contributed by atoms with E-state index in [2.05, 4.69) is 53.1 Å². The summed E-state index contributed by atoms with van der Waals surface area (Å²) < 4.78 is 2.09. The van der Waals surface area contributed by atoms with Crippen LogP contribution in [0.3, 0.4) is 0 Å². The molecular formula is C43H28N4O2. The molecule has 0 fully saturated rings. The molecule has 232 valence electrons. The number of carbonyl (C=O) groups is 2. The smallest absolute Gasteiger partial charge is 0.268 e. The summed E-state index contributed by atoms with van der Waals surface area (Å²) in [6.07, 6.45) is 0. The average Bonchev–Trinajstić information content (AvgIpc) is 3.57. The van der Waals surface area contributed by atoms with E-state index in [0.717, 1.165) is 60.8 Å². The average molecular weight is 633 g/mol. The minimum atomic E-state index is -0.354. The summed E-state index contributed by atoms with van der Waals surface area (Å²) in [4.78, 5) is 29.9. The topological polar surface area (TPSA) is 89.9 Å². The number of amides is 2. The molecule has 6 heteroatoms. The second-order valence-electron chi connectivity index (χ2n) is 12.6. The Hall–Kier alpha value is -6.76. The van der Waals surface area contributed by atoms with Crippen molar-refractivity contribution < 1.29 is 9.59 Å². The molecule has 49 heavy (non-hydrogen) atoms. The van der Waals surface area contributed by atoms with Gasteiger partial charge in [0, 0.05) is 10.8 Å². The van der Waals surface area contributed by atoms with Crippen molar-refractivity contribution in [3.8, 4) is 40.1 Å². The standard InChI is InChI=1S/C43H28N4O2/c1-25-19-26(2)41(27(3)20-25)47-42(48)36-5-4-6-37(40(36)43(47)49)46-38-21-32(30-11-7-28(23-44)8-12-30)15-17-34(38)35-18-16-33(22-39(35)46)31-13-9-29(24-45)10-14-31/h4-22H,1-3H3. The number of aryl methyl sites for hydroxylation is 3. The molecule has 8 rings (SSSR count). The minimum Gasteiger partial charge on any atom is -0.308 e. The van der Waals surface area contributed by atoms with Crippen molar-refractivity contribution in [1.82, 2.24) is 4.57 Å². The van der Waals surface area contributed by atoms with Gasteiger partial charge in [0.1, 0.15) is 0 Å². The van der Waals surface area contributed by atoms with Crippen LogP contribution in [0, 0.1) is 43.4 Å². The van der Waals surface area contributed by atoms with Gasteiger partial charge in [0.15, 0.2) is 0 Å². The molecule has 1 aliphatic rings. The van der Waals surface area contributed by atoms with Crippen LogP contribution in [0.15, 0.2) is 115 Å². The van der Waals surface area contributed by atoms with Gasteiger partial charge in [-0.05, 0) is 103 Å². The molecule has 0 radical (unpaired) electrons. The van der Waals surface area contributed by atoms with Crippen molar-refractivity contribution in [1.29, 1.82) is 10.5 Å². The molecule has 2 heterocycles. The zero-order chi connectivity index (χ0) is 34.0. The van der Waals surface area contributed by atoms with E-state index in [1.807, 2.05) is 69.3 Å². The first-order chi connectivity index (χ1) is 23.8. The first kappa shape index (κ1) is 29.6.